The molecule has 29 heavy (non-hydrogen) atoms. The van der Waals surface area contributed by atoms with Crippen LogP contribution in [0.25, 0.3) is 17.5 Å². The van der Waals surface area contributed by atoms with Gasteiger partial charge in [0.15, 0.2) is 5.82 Å². The molecule has 3 rings (SSSR count). The van der Waals surface area contributed by atoms with E-state index in [1.54, 1.807) is 36.4 Å². The topological polar surface area (TPSA) is 97.3 Å². The van der Waals surface area contributed by atoms with Crippen LogP contribution >= 0.6 is 39.3 Å². The minimum Gasteiger partial charge on any atom is -0.496 e. The number of nitrogens with zero attached hydrogens (tertiary/aromatic N) is 2. The molecule has 0 amide bonds. The van der Waals surface area contributed by atoms with Crippen molar-refractivity contribution in [3.8, 4) is 22.9 Å². The van der Waals surface area contributed by atoms with Gasteiger partial charge in [-0.3, -0.25) is 5.10 Å². The summed E-state index contributed by atoms with van der Waals surface area (Å²) >= 11 is 10.2. The molecule has 0 saturated carbocycles. The summed E-state index contributed by atoms with van der Waals surface area (Å²) in [6, 6.07) is 10.5. The van der Waals surface area contributed by atoms with Gasteiger partial charge in [-0.15, -0.1) is 5.10 Å². The lowest BCUT2D eigenvalue weighted by Gasteiger charge is -2.10. The number of benzene rings is 2. The summed E-state index contributed by atoms with van der Waals surface area (Å²) in [6.45, 7) is 0. The van der Waals surface area contributed by atoms with Crippen molar-refractivity contribution in [3.63, 3.8) is 0 Å². The third-order valence-electron chi connectivity index (χ3n) is 3.79. The molecule has 0 atom stereocenters. The van der Waals surface area contributed by atoms with Gasteiger partial charge in [0.25, 0.3) is 0 Å². The number of aliphatic carboxylic acids is 1. The van der Waals surface area contributed by atoms with E-state index in [0.29, 0.717) is 32.4 Å². The van der Waals surface area contributed by atoms with Crippen LogP contribution in [-0.2, 0) is 4.79 Å². The van der Waals surface area contributed by atoms with Gasteiger partial charge in [0.2, 0.25) is 5.16 Å². The lowest BCUT2D eigenvalue weighted by molar-refractivity contribution is -0.131. The van der Waals surface area contributed by atoms with Crippen molar-refractivity contribution in [1.82, 2.24) is 15.2 Å². The van der Waals surface area contributed by atoms with Crippen molar-refractivity contribution in [2.45, 2.75) is 5.16 Å². The maximum absolute atomic E-state index is 11.8. The predicted octanol–water partition coefficient (Wildman–Crippen LogP) is 5.12. The number of halogens is 2. The normalized spacial score (nSPS) is 11.4. The highest BCUT2D eigenvalue weighted by atomic mass is 79.9. The van der Waals surface area contributed by atoms with Gasteiger partial charge in [0.05, 0.1) is 18.7 Å². The van der Waals surface area contributed by atoms with Gasteiger partial charge in [-0.05, 0) is 64.1 Å². The number of methoxy groups -OCH3 is 2. The fourth-order valence-corrected chi connectivity index (χ4v) is 3.75. The van der Waals surface area contributed by atoms with E-state index in [2.05, 4.69) is 31.1 Å². The highest BCUT2D eigenvalue weighted by Gasteiger charge is 2.16. The van der Waals surface area contributed by atoms with E-state index in [1.807, 2.05) is 0 Å². The van der Waals surface area contributed by atoms with Crippen molar-refractivity contribution >= 4 is 51.3 Å². The largest absolute Gasteiger partial charge is 0.496 e. The summed E-state index contributed by atoms with van der Waals surface area (Å²) in [5, 5.41) is 17.4. The number of rotatable bonds is 7. The van der Waals surface area contributed by atoms with Crippen LogP contribution in [0.1, 0.15) is 5.56 Å². The summed E-state index contributed by atoms with van der Waals surface area (Å²) in [5.41, 5.74) is 1.36. The molecule has 1 heterocycles. The molecule has 0 radical (unpaired) electrons. The number of hydrogen-bond acceptors (Lipinski definition) is 6. The standard InChI is InChI=1S/C19H15BrClN3O4S/c1-27-14-9-15(28-2)13(20)7-11(14)8-16(18(25)26)29-19-22-17(23-24-19)10-3-5-12(21)6-4-10/h3-9H,1-2H3,(H,25,26)(H,22,23,24)/b16-8-. The molecule has 2 aromatic carbocycles. The second-order valence-electron chi connectivity index (χ2n) is 5.62. The number of aromatic amines is 1. The van der Waals surface area contributed by atoms with Crippen LogP contribution in [0.3, 0.4) is 0 Å². The first-order chi connectivity index (χ1) is 13.9. The lowest BCUT2D eigenvalue weighted by atomic mass is 10.1. The van der Waals surface area contributed by atoms with Gasteiger partial charge in [-0.1, -0.05) is 11.6 Å². The van der Waals surface area contributed by atoms with Crippen molar-refractivity contribution in [2.75, 3.05) is 14.2 Å². The molecule has 2 N–H and O–H groups in total. The minimum atomic E-state index is -1.11. The first-order valence-electron chi connectivity index (χ1n) is 8.14. The Morgan fingerprint density at radius 2 is 1.90 bits per heavy atom. The quantitative estimate of drug-likeness (QED) is 0.346. The van der Waals surface area contributed by atoms with Crippen LogP contribution in [0.5, 0.6) is 11.5 Å². The average Bonchev–Trinajstić information content (AvgIpc) is 3.16. The number of ether oxygens (including phenoxy) is 2. The molecule has 1 aromatic heterocycles. The number of carboxylic acids is 1. The van der Waals surface area contributed by atoms with Crippen molar-refractivity contribution in [3.05, 3.63) is 56.4 Å². The number of thioether (sulfide) groups is 1. The molecular formula is C19H15BrClN3O4S. The van der Waals surface area contributed by atoms with Crippen LogP contribution in [-0.4, -0.2) is 40.5 Å². The summed E-state index contributed by atoms with van der Waals surface area (Å²) in [4.78, 5) is 16.2. The zero-order valence-electron chi connectivity index (χ0n) is 15.3. The smallest absolute Gasteiger partial charge is 0.342 e. The predicted molar refractivity (Wildman–Crippen MR) is 116 cm³/mol. The van der Waals surface area contributed by atoms with E-state index < -0.39 is 5.97 Å². The third kappa shape index (κ3) is 5.11. The molecule has 0 unspecified atom stereocenters. The summed E-state index contributed by atoms with van der Waals surface area (Å²) in [5.74, 6) is 0.451. The molecule has 7 nitrogen and oxygen atoms in total. The van der Waals surface area contributed by atoms with Gasteiger partial charge in [-0.2, -0.15) is 0 Å². The second kappa shape index (κ2) is 9.34. The van der Waals surface area contributed by atoms with Gasteiger partial charge >= 0.3 is 5.97 Å². The molecule has 0 spiro atoms. The Morgan fingerprint density at radius 3 is 2.52 bits per heavy atom. The van der Waals surface area contributed by atoms with E-state index in [1.165, 1.54) is 20.3 Å². The average molecular weight is 497 g/mol. The lowest BCUT2D eigenvalue weighted by Crippen LogP contribution is -1.98. The fraction of sp³-hybridized carbons (Fsp3) is 0.105. The number of carboxylic acid groups (broad SMARTS) is 1. The maximum atomic E-state index is 11.8. The Hall–Kier alpha value is -2.49. The summed E-state index contributed by atoms with van der Waals surface area (Å²) < 4.78 is 11.3. The number of hydrogen-bond donors (Lipinski definition) is 2. The van der Waals surface area contributed by atoms with Gasteiger partial charge in [0.1, 0.15) is 16.4 Å². The molecule has 0 aliphatic carbocycles. The fourth-order valence-electron chi connectivity index (χ4n) is 2.40. The van der Waals surface area contributed by atoms with Gasteiger partial charge in [-0.25, -0.2) is 9.78 Å². The number of nitrogens with one attached hydrogen (secondary N) is 1. The van der Waals surface area contributed by atoms with Crippen molar-refractivity contribution in [2.24, 2.45) is 0 Å². The Labute approximate surface area is 184 Å². The van der Waals surface area contributed by atoms with Crippen LogP contribution in [0.15, 0.2) is 50.9 Å². The van der Waals surface area contributed by atoms with Gasteiger partial charge < -0.3 is 14.6 Å². The van der Waals surface area contributed by atoms with E-state index >= 15 is 0 Å². The van der Waals surface area contributed by atoms with Crippen LogP contribution in [0.2, 0.25) is 5.02 Å². The number of aromatic nitrogens is 3. The highest BCUT2D eigenvalue weighted by Crippen LogP contribution is 2.36. The zero-order chi connectivity index (χ0) is 21.0. The Morgan fingerprint density at radius 1 is 1.21 bits per heavy atom. The first-order valence-corrected chi connectivity index (χ1v) is 10.1. The molecule has 0 saturated heterocycles. The molecule has 0 aliphatic heterocycles. The molecule has 0 fully saturated rings. The van der Waals surface area contributed by atoms with Gasteiger partial charge in [0, 0.05) is 22.2 Å². The molecule has 0 aliphatic rings. The van der Waals surface area contributed by atoms with Crippen LogP contribution in [0, 0.1) is 0 Å². The molecule has 150 valence electrons. The third-order valence-corrected chi connectivity index (χ3v) is 5.53. The van der Waals surface area contributed by atoms with Crippen molar-refractivity contribution < 1.29 is 19.4 Å². The first kappa shape index (κ1) is 21.2. The van der Waals surface area contributed by atoms with Crippen LogP contribution in [0.4, 0.5) is 0 Å². The molecular weight excluding hydrogens is 482 g/mol. The molecule has 10 heteroatoms. The second-order valence-corrected chi connectivity index (χ2v) is 7.92. The zero-order valence-corrected chi connectivity index (χ0v) is 18.4. The van der Waals surface area contributed by atoms with E-state index in [0.717, 1.165) is 17.3 Å². The van der Waals surface area contributed by atoms with E-state index in [9.17, 15) is 9.90 Å². The SMILES string of the molecule is COc1cc(OC)c(/C=C(\Sc2n[nH]c(-c3ccc(Cl)cc3)n2)C(=O)O)cc1Br. The molecule has 3 aromatic rings. The highest BCUT2D eigenvalue weighted by molar-refractivity contribution is 9.10. The Balaban J connectivity index is 1.91. The van der Waals surface area contributed by atoms with Crippen LogP contribution < -0.4 is 9.47 Å². The molecule has 0 bridgehead atoms. The van der Waals surface area contributed by atoms with Crippen molar-refractivity contribution in [1.29, 1.82) is 0 Å². The number of carbonyl (C=O) groups is 1. The minimum absolute atomic E-state index is 0.0297. The van der Waals surface area contributed by atoms with E-state index in [-0.39, 0.29) is 10.1 Å². The monoisotopic (exact) mass is 495 g/mol. The Kier molecular flexibility index (Phi) is 6.83. The summed E-state index contributed by atoms with van der Waals surface area (Å²) in [6.07, 6.45) is 1.49. The number of H-pyrrole nitrogens is 1. The van der Waals surface area contributed by atoms with E-state index in [4.69, 9.17) is 21.1 Å². The summed E-state index contributed by atoms with van der Waals surface area (Å²) in [7, 11) is 3.04. The Bertz CT molecular complexity index is 1070. The maximum Gasteiger partial charge on any atom is 0.342 e.